The van der Waals surface area contributed by atoms with Crippen LogP contribution in [0.2, 0.25) is 0 Å². The highest BCUT2D eigenvalue weighted by atomic mass is 16.6. The van der Waals surface area contributed by atoms with Crippen LogP contribution in [0.5, 0.6) is 5.75 Å². The molecule has 174 valence electrons. The third kappa shape index (κ3) is 5.72. The van der Waals surface area contributed by atoms with Crippen LogP contribution in [0.1, 0.15) is 25.3 Å². The number of aryl methyl sites for hydroxylation is 1. The molecule has 0 aliphatic heterocycles. The molecule has 0 saturated carbocycles. The minimum absolute atomic E-state index is 0.0478. The van der Waals surface area contributed by atoms with E-state index >= 15 is 0 Å². The van der Waals surface area contributed by atoms with Crippen molar-refractivity contribution in [3.8, 4) is 5.75 Å². The quantitative estimate of drug-likeness (QED) is 0.382. The first-order valence-corrected chi connectivity index (χ1v) is 10.0. The molecule has 12 nitrogen and oxygen atoms in total. The number of benzene rings is 1. The molecular formula is C20H27N5O7. The molecule has 0 atom stereocenters. The highest BCUT2D eigenvalue weighted by molar-refractivity contribution is 5.96. The molecule has 1 aromatic heterocycles. The number of carbonyl (C=O) groups excluding carboxylic acids is 1. The average Bonchev–Trinajstić information content (AvgIpc) is 2.73. The number of nitrogens with zero attached hydrogens (tertiary/aromatic N) is 3. The second kappa shape index (κ2) is 11.1. The molecule has 0 bridgehead atoms. The van der Waals surface area contributed by atoms with E-state index in [0.717, 1.165) is 11.3 Å². The number of amides is 1. The Morgan fingerprint density at radius 3 is 2.69 bits per heavy atom. The van der Waals surface area contributed by atoms with Crippen molar-refractivity contribution in [2.75, 3.05) is 37.5 Å². The summed E-state index contributed by atoms with van der Waals surface area (Å²) >= 11 is 0. The van der Waals surface area contributed by atoms with Gasteiger partial charge < -0.3 is 15.2 Å². The maximum Gasteiger partial charge on any atom is 0.330 e. The maximum absolute atomic E-state index is 13.0. The molecule has 12 heteroatoms. The third-order valence-corrected chi connectivity index (χ3v) is 4.70. The van der Waals surface area contributed by atoms with Crippen LogP contribution < -0.4 is 26.6 Å². The molecule has 0 radical (unpaired) electrons. The Morgan fingerprint density at radius 1 is 1.34 bits per heavy atom. The Labute approximate surface area is 183 Å². The first-order chi connectivity index (χ1) is 15.2. The molecule has 32 heavy (non-hydrogen) atoms. The molecule has 0 aliphatic rings. The first-order valence-electron chi connectivity index (χ1n) is 10.0. The number of ether oxygens (including phenoxy) is 2. The average molecular weight is 449 g/mol. The van der Waals surface area contributed by atoms with Crippen molar-refractivity contribution < 1.29 is 19.2 Å². The Balaban J connectivity index is 2.40. The zero-order chi connectivity index (χ0) is 23.8. The van der Waals surface area contributed by atoms with E-state index in [1.165, 1.54) is 23.8 Å². The minimum Gasteiger partial charge on any atom is -0.477 e. The van der Waals surface area contributed by atoms with E-state index in [2.05, 4.69) is 4.98 Å². The molecule has 1 aromatic carbocycles. The van der Waals surface area contributed by atoms with Gasteiger partial charge in [0.2, 0.25) is 0 Å². The highest BCUT2D eigenvalue weighted by Crippen LogP contribution is 2.28. The van der Waals surface area contributed by atoms with E-state index in [1.54, 1.807) is 13.0 Å². The third-order valence-electron chi connectivity index (χ3n) is 4.70. The van der Waals surface area contributed by atoms with Crippen molar-refractivity contribution >= 4 is 23.1 Å². The number of hydrogen-bond acceptors (Lipinski definition) is 8. The molecular weight excluding hydrogens is 422 g/mol. The van der Waals surface area contributed by atoms with Gasteiger partial charge in [0.05, 0.1) is 11.5 Å². The monoisotopic (exact) mass is 449 g/mol. The molecule has 2 rings (SSSR count). The zero-order valence-corrected chi connectivity index (χ0v) is 18.3. The van der Waals surface area contributed by atoms with Gasteiger partial charge in [0.15, 0.2) is 18.0 Å². The smallest absolute Gasteiger partial charge is 0.330 e. The molecule has 0 fully saturated rings. The number of methoxy groups -OCH3 is 1. The van der Waals surface area contributed by atoms with E-state index in [1.807, 2.05) is 6.92 Å². The van der Waals surface area contributed by atoms with Gasteiger partial charge in [0.1, 0.15) is 5.82 Å². The van der Waals surface area contributed by atoms with Crippen LogP contribution in [0.25, 0.3) is 0 Å². The first kappa shape index (κ1) is 24.6. The topological polar surface area (TPSA) is 163 Å². The maximum atomic E-state index is 13.0. The van der Waals surface area contributed by atoms with Crippen molar-refractivity contribution in [3.63, 3.8) is 0 Å². The van der Waals surface area contributed by atoms with Crippen molar-refractivity contribution in [2.45, 2.75) is 33.2 Å². The van der Waals surface area contributed by atoms with Gasteiger partial charge in [-0.1, -0.05) is 19.4 Å². The number of nitro groups is 1. The summed E-state index contributed by atoms with van der Waals surface area (Å²) < 4.78 is 11.6. The number of unbranched alkanes of at least 4 members (excludes halogenated alkanes) is 1. The van der Waals surface area contributed by atoms with Gasteiger partial charge in [0.25, 0.3) is 11.5 Å². The van der Waals surface area contributed by atoms with Crippen LogP contribution in [-0.4, -0.2) is 47.2 Å². The number of carbonyl (C=O) groups is 1. The second-order valence-corrected chi connectivity index (χ2v) is 7.05. The highest BCUT2D eigenvalue weighted by Gasteiger charge is 2.25. The fourth-order valence-electron chi connectivity index (χ4n) is 3.03. The summed E-state index contributed by atoms with van der Waals surface area (Å²) in [4.78, 5) is 51.6. The summed E-state index contributed by atoms with van der Waals surface area (Å²) in [6.45, 7) is 3.36. The molecule has 3 N–H and O–H groups in total. The Morgan fingerprint density at radius 2 is 2.06 bits per heavy atom. The molecule has 0 spiro atoms. The molecule has 1 amide bonds. The van der Waals surface area contributed by atoms with E-state index in [9.17, 15) is 24.5 Å². The van der Waals surface area contributed by atoms with Gasteiger partial charge >= 0.3 is 11.4 Å². The van der Waals surface area contributed by atoms with Crippen LogP contribution in [0.15, 0.2) is 27.8 Å². The summed E-state index contributed by atoms with van der Waals surface area (Å²) in [7, 11) is 1.42. The lowest BCUT2D eigenvalue weighted by molar-refractivity contribution is -0.385. The lowest BCUT2D eigenvalue weighted by Gasteiger charge is -2.24. The number of nitrogens with one attached hydrogen (secondary N) is 1. The predicted molar refractivity (Wildman–Crippen MR) is 118 cm³/mol. The van der Waals surface area contributed by atoms with E-state index in [0.29, 0.717) is 12.0 Å². The van der Waals surface area contributed by atoms with Crippen molar-refractivity contribution in [2.24, 2.45) is 0 Å². The SMILES string of the molecule is CCCCn1c(N)c(N(CCOC)C(=O)COc2cc(C)ccc2[N+](=O)[O-])c(=O)[nH]c1=O. The second-order valence-electron chi connectivity index (χ2n) is 7.05. The molecule has 0 saturated heterocycles. The van der Waals surface area contributed by atoms with Gasteiger partial charge in [0, 0.05) is 26.3 Å². The van der Waals surface area contributed by atoms with E-state index in [-0.39, 0.29) is 42.6 Å². The summed E-state index contributed by atoms with van der Waals surface area (Å²) in [5.74, 6) is -0.918. The summed E-state index contributed by atoms with van der Waals surface area (Å²) in [6.07, 6.45) is 1.43. The number of nitrogen functional groups attached to an aromatic ring is 1. The molecule has 0 aliphatic carbocycles. The van der Waals surface area contributed by atoms with Crippen LogP contribution in [0, 0.1) is 17.0 Å². The van der Waals surface area contributed by atoms with Gasteiger partial charge in [-0.3, -0.25) is 34.2 Å². The van der Waals surface area contributed by atoms with Crippen molar-refractivity contribution in [1.29, 1.82) is 0 Å². The fraction of sp³-hybridized carbons (Fsp3) is 0.450. The number of rotatable bonds is 11. The number of hydrogen-bond donors (Lipinski definition) is 2. The fourth-order valence-corrected chi connectivity index (χ4v) is 3.03. The van der Waals surface area contributed by atoms with Gasteiger partial charge in [-0.2, -0.15) is 0 Å². The largest absolute Gasteiger partial charge is 0.477 e. The van der Waals surface area contributed by atoms with Crippen LogP contribution >= 0.6 is 0 Å². The van der Waals surface area contributed by atoms with Crippen molar-refractivity contribution in [1.82, 2.24) is 9.55 Å². The van der Waals surface area contributed by atoms with E-state index in [4.69, 9.17) is 15.2 Å². The molecule has 2 aromatic rings. The molecule has 0 unspecified atom stereocenters. The standard InChI is InChI=1S/C20H27N5O7/c1-4-5-8-24-18(21)17(19(27)22-20(24)28)23(9-10-31-3)16(26)12-32-15-11-13(2)6-7-14(15)25(29)30/h6-7,11H,4-5,8-10,12,21H2,1-3H3,(H,22,27,28). The summed E-state index contributed by atoms with van der Waals surface area (Å²) in [5, 5.41) is 11.2. The number of nitro benzene ring substituents is 1. The van der Waals surface area contributed by atoms with E-state index < -0.39 is 28.7 Å². The lowest BCUT2D eigenvalue weighted by atomic mass is 10.2. The Bertz CT molecular complexity index is 1090. The van der Waals surface area contributed by atoms with Crippen LogP contribution in [-0.2, 0) is 16.1 Å². The number of anilines is 2. The normalized spacial score (nSPS) is 10.7. The number of aromatic nitrogens is 2. The Kier molecular flexibility index (Phi) is 8.53. The number of aromatic amines is 1. The summed E-state index contributed by atoms with van der Waals surface area (Å²) in [6, 6.07) is 4.28. The van der Waals surface area contributed by atoms with Crippen molar-refractivity contribution in [3.05, 3.63) is 54.7 Å². The number of nitrogens with two attached hydrogens (primary N) is 1. The van der Waals surface area contributed by atoms with Crippen LogP contribution in [0.3, 0.4) is 0 Å². The summed E-state index contributed by atoms with van der Waals surface area (Å²) in [5.41, 5.74) is 4.82. The van der Waals surface area contributed by atoms with Crippen LogP contribution in [0.4, 0.5) is 17.2 Å². The molecule has 1 heterocycles. The lowest BCUT2D eigenvalue weighted by Crippen LogP contribution is -2.44. The minimum atomic E-state index is -0.828. The zero-order valence-electron chi connectivity index (χ0n) is 18.3. The number of H-pyrrole nitrogens is 1. The van der Waals surface area contributed by atoms with Gasteiger partial charge in [-0.15, -0.1) is 0 Å². The van der Waals surface area contributed by atoms with Gasteiger partial charge in [-0.05, 0) is 25.0 Å². The predicted octanol–water partition coefficient (Wildman–Crippen LogP) is 1.19. The Hall–Kier alpha value is -3.67. The van der Waals surface area contributed by atoms with Gasteiger partial charge in [-0.25, -0.2) is 4.79 Å².